The molecule has 1 amide bonds. The highest BCUT2D eigenvalue weighted by Gasteiger charge is 2.23. The van der Waals surface area contributed by atoms with Crippen LogP contribution in [0.15, 0.2) is 30.3 Å². The van der Waals surface area contributed by atoms with E-state index in [1.54, 1.807) is 18.2 Å². The van der Waals surface area contributed by atoms with Gasteiger partial charge in [0.15, 0.2) is 5.69 Å². The molecule has 6 heteroatoms. The molecule has 0 radical (unpaired) electrons. The van der Waals surface area contributed by atoms with E-state index in [0.717, 1.165) is 30.4 Å². The number of methoxy groups -OCH3 is 1. The Kier molecular flexibility index (Phi) is 4.00. The lowest BCUT2D eigenvalue weighted by Crippen LogP contribution is -2.31. The number of aromatic nitrogens is 2. The van der Waals surface area contributed by atoms with E-state index >= 15 is 0 Å². The van der Waals surface area contributed by atoms with Crippen LogP contribution in [-0.2, 0) is 6.42 Å². The molecular formula is C16H16FN3O2. The van der Waals surface area contributed by atoms with E-state index in [1.807, 2.05) is 0 Å². The van der Waals surface area contributed by atoms with Crippen LogP contribution in [0.1, 0.15) is 40.5 Å². The van der Waals surface area contributed by atoms with Crippen molar-refractivity contribution in [3.63, 3.8) is 0 Å². The van der Waals surface area contributed by atoms with Crippen LogP contribution in [-0.4, -0.2) is 23.2 Å². The number of amides is 1. The molecule has 114 valence electrons. The Balaban J connectivity index is 1.78. The Morgan fingerprint density at radius 3 is 2.91 bits per heavy atom. The average molecular weight is 301 g/mol. The summed E-state index contributed by atoms with van der Waals surface area (Å²) in [5, 5.41) is 10.5. The number of ether oxygens (including phenoxy) is 1. The first-order valence-electron chi connectivity index (χ1n) is 7.14. The van der Waals surface area contributed by atoms with Crippen LogP contribution in [0.25, 0.3) is 0 Å². The number of hydrogen-bond acceptors (Lipinski definition) is 4. The number of carbonyl (C=O) groups excluding carboxylic acids is 1. The van der Waals surface area contributed by atoms with E-state index in [1.165, 1.54) is 19.2 Å². The summed E-state index contributed by atoms with van der Waals surface area (Å²) in [6.45, 7) is 0. The molecule has 22 heavy (non-hydrogen) atoms. The lowest BCUT2D eigenvalue weighted by Gasteiger charge is -2.26. The quantitative estimate of drug-likeness (QED) is 0.945. The van der Waals surface area contributed by atoms with E-state index < -0.39 is 0 Å². The van der Waals surface area contributed by atoms with Crippen molar-refractivity contribution in [3.05, 3.63) is 53.0 Å². The summed E-state index contributed by atoms with van der Waals surface area (Å²) in [7, 11) is 1.48. The number of nitrogens with one attached hydrogen (secondary N) is 1. The standard InChI is InChI=1S/C16H16FN3O2/c1-22-15-8-7-14(19-20-15)16(21)18-13-4-2-3-10-5-6-11(17)9-12(10)13/h5-9,13H,2-4H2,1H3,(H,18,21)/t13-/m0/s1. The predicted molar refractivity (Wildman–Crippen MR) is 78.1 cm³/mol. The summed E-state index contributed by atoms with van der Waals surface area (Å²) < 4.78 is 18.4. The van der Waals surface area contributed by atoms with Crippen LogP contribution < -0.4 is 10.1 Å². The molecule has 1 aliphatic rings. The van der Waals surface area contributed by atoms with Crippen molar-refractivity contribution >= 4 is 5.91 Å². The second kappa shape index (κ2) is 6.09. The zero-order valence-electron chi connectivity index (χ0n) is 12.2. The van der Waals surface area contributed by atoms with Crippen LogP contribution in [0.5, 0.6) is 5.88 Å². The van der Waals surface area contributed by atoms with Crippen molar-refractivity contribution in [2.75, 3.05) is 7.11 Å². The predicted octanol–water partition coefficient (Wildman–Crippen LogP) is 2.43. The summed E-state index contributed by atoms with van der Waals surface area (Å²) in [5.74, 6) is -0.261. The molecular weight excluding hydrogens is 285 g/mol. The Labute approximate surface area is 127 Å². The molecule has 0 spiro atoms. The molecule has 1 aliphatic carbocycles. The molecule has 2 aromatic rings. The van der Waals surface area contributed by atoms with Crippen molar-refractivity contribution in [3.8, 4) is 5.88 Å². The molecule has 5 nitrogen and oxygen atoms in total. The molecule has 0 saturated carbocycles. The fourth-order valence-corrected chi connectivity index (χ4v) is 2.70. The highest BCUT2D eigenvalue weighted by atomic mass is 19.1. The highest BCUT2D eigenvalue weighted by molar-refractivity contribution is 5.92. The molecule has 1 heterocycles. The van der Waals surface area contributed by atoms with Gasteiger partial charge in [0.25, 0.3) is 5.91 Å². The topological polar surface area (TPSA) is 64.1 Å². The number of rotatable bonds is 3. The molecule has 0 saturated heterocycles. The maximum Gasteiger partial charge on any atom is 0.272 e. The summed E-state index contributed by atoms with van der Waals surface area (Å²) in [6.07, 6.45) is 2.65. The van der Waals surface area contributed by atoms with Gasteiger partial charge >= 0.3 is 0 Å². The van der Waals surface area contributed by atoms with Crippen LogP contribution in [0.4, 0.5) is 4.39 Å². The molecule has 1 aromatic heterocycles. The minimum absolute atomic E-state index is 0.198. The van der Waals surface area contributed by atoms with Gasteiger partial charge in [-0.1, -0.05) is 6.07 Å². The van der Waals surface area contributed by atoms with Gasteiger partial charge in [0.05, 0.1) is 13.2 Å². The highest BCUT2D eigenvalue weighted by Crippen LogP contribution is 2.30. The molecule has 1 atom stereocenters. The molecule has 0 aliphatic heterocycles. The third kappa shape index (κ3) is 2.90. The van der Waals surface area contributed by atoms with Crippen molar-refractivity contribution in [1.29, 1.82) is 0 Å². The van der Waals surface area contributed by atoms with Crippen molar-refractivity contribution < 1.29 is 13.9 Å². The number of halogens is 1. The Hall–Kier alpha value is -2.50. The fraction of sp³-hybridized carbons (Fsp3) is 0.312. The third-order valence-corrected chi connectivity index (χ3v) is 3.81. The molecule has 0 bridgehead atoms. The van der Waals surface area contributed by atoms with Crippen molar-refractivity contribution in [1.82, 2.24) is 15.5 Å². The minimum atomic E-state index is -0.322. The van der Waals surface area contributed by atoms with Gasteiger partial charge in [-0.15, -0.1) is 10.2 Å². The Bertz CT molecular complexity index is 688. The van der Waals surface area contributed by atoms with E-state index in [0.29, 0.717) is 5.88 Å². The molecule has 1 aromatic carbocycles. The van der Waals surface area contributed by atoms with Gasteiger partial charge in [0, 0.05) is 6.07 Å². The van der Waals surface area contributed by atoms with E-state index in [9.17, 15) is 9.18 Å². The third-order valence-electron chi connectivity index (χ3n) is 3.81. The van der Waals surface area contributed by atoms with Gasteiger partial charge in [-0.3, -0.25) is 4.79 Å². The Morgan fingerprint density at radius 1 is 1.32 bits per heavy atom. The monoisotopic (exact) mass is 301 g/mol. The van der Waals surface area contributed by atoms with Gasteiger partial charge in [0.1, 0.15) is 5.82 Å². The van der Waals surface area contributed by atoms with Crippen molar-refractivity contribution in [2.24, 2.45) is 0 Å². The number of benzene rings is 1. The Morgan fingerprint density at radius 2 is 2.18 bits per heavy atom. The minimum Gasteiger partial charge on any atom is -0.480 e. The second-order valence-corrected chi connectivity index (χ2v) is 5.22. The zero-order chi connectivity index (χ0) is 15.5. The van der Waals surface area contributed by atoms with Gasteiger partial charge in [-0.25, -0.2) is 4.39 Å². The second-order valence-electron chi connectivity index (χ2n) is 5.22. The molecule has 0 fully saturated rings. The lowest BCUT2D eigenvalue weighted by atomic mass is 9.87. The van der Waals surface area contributed by atoms with Gasteiger partial charge in [-0.2, -0.15) is 0 Å². The van der Waals surface area contributed by atoms with Crippen LogP contribution in [0, 0.1) is 5.82 Å². The van der Waals surface area contributed by atoms with Crippen LogP contribution in [0.3, 0.4) is 0 Å². The van der Waals surface area contributed by atoms with Gasteiger partial charge < -0.3 is 10.1 Å². The molecule has 0 unspecified atom stereocenters. The first-order valence-corrected chi connectivity index (χ1v) is 7.14. The average Bonchev–Trinajstić information content (AvgIpc) is 2.55. The van der Waals surface area contributed by atoms with Gasteiger partial charge in [0.2, 0.25) is 5.88 Å². The van der Waals surface area contributed by atoms with E-state index in [2.05, 4.69) is 15.5 Å². The summed E-state index contributed by atoms with van der Waals surface area (Å²) in [5.41, 5.74) is 2.14. The smallest absolute Gasteiger partial charge is 0.272 e. The fourth-order valence-electron chi connectivity index (χ4n) is 2.70. The summed E-state index contributed by atoms with van der Waals surface area (Å²) >= 11 is 0. The maximum atomic E-state index is 13.5. The number of fused-ring (bicyclic) bond motifs is 1. The zero-order valence-corrected chi connectivity index (χ0v) is 12.2. The largest absolute Gasteiger partial charge is 0.480 e. The number of nitrogens with zero attached hydrogens (tertiary/aromatic N) is 2. The maximum absolute atomic E-state index is 13.5. The first kappa shape index (κ1) is 14.4. The van der Waals surface area contributed by atoms with E-state index in [4.69, 9.17) is 4.74 Å². The molecule has 3 rings (SSSR count). The van der Waals surface area contributed by atoms with Crippen LogP contribution >= 0.6 is 0 Å². The van der Waals surface area contributed by atoms with Crippen LogP contribution in [0.2, 0.25) is 0 Å². The molecule has 1 N–H and O–H groups in total. The first-order chi connectivity index (χ1) is 10.7. The SMILES string of the molecule is COc1ccc(C(=O)N[C@H]2CCCc3ccc(F)cc32)nn1. The van der Waals surface area contributed by atoms with Gasteiger partial charge in [-0.05, 0) is 48.6 Å². The normalized spacial score (nSPS) is 16.7. The number of carbonyl (C=O) groups is 1. The number of hydrogen-bond donors (Lipinski definition) is 1. The van der Waals surface area contributed by atoms with Crippen molar-refractivity contribution in [2.45, 2.75) is 25.3 Å². The summed E-state index contributed by atoms with van der Waals surface area (Å²) in [4.78, 5) is 12.3. The van der Waals surface area contributed by atoms with E-state index in [-0.39, 0.29) is 23.5 Å². The number of aryl methyl sites for hydroxylation is 1. The summed E-state index contributed by atoms with van der Waals surface area (Å²) in [6, 6.07) is 7.68. The lowest BCUT2D eigenvalue weighted by molar-refractivity contribution is 0.0926.